The van der Waals surface area contributed by atoms with E-state index in [9.17, 15) is 4.79 Å². The average Bonchev–Trinajstić information content (AvgIpc) is 2.55. The van der Waals surface area contributed by atoms with Gasteiger partial charge in [0.1, 0.15) is 0 Å². The molecular formula is C9H18N2O. The number of carbonyl (C=O) groups excluding carboxylic acids is 1. The highest BCUT2D eigenvalue weighted by molar-refractivity contribution is 5.80. The van der Waals surface area contributed by atoms with Crippen molar-refractivity contribution in [2.75, 3.05) is 7.05 Å². The third-order valence-corrected chi connectivity index (χ3v) is 2.48. The number of hydrogen-bond acceptors (Lipinski definition) is 2. The minimum Gasteiger partial charge on any atom is -0.358 e. The summed E-state index contributed by atoms with van der Waals surface area (Å²) in [6.07, 6.45) is 5.05. The molecule has 1 rings (SSSR count). The van der Waals surface area contributed by atoms with Gasteiger partial charge >= 0.3 is 0 Å². The van der Waals surface area contributed by atoms with Crippen molar-refractivity contribution in [2.24, 2.45) is 0 Å². The average molecular weight is 170 g/mol. The van der Waals surface area contributed by atoms with Crippen LogP contribution in [0.3, 0.4) is 0 Å². The molecule has 0 aliphatic heterocycles. The largest absolute Gasteiger partial charge is 0.358 e. The van der Waals surface area contributed by atoms with Gasteiger partial charge < -0.3 is 10.6 Å². The van der Waals surface area contributed by atoms with E-state index in [2.05, 4.69) is 10.6 Å². The van der Waals surface area contributed by atoms with Gasteiger partial charge in [-0.25, -0.2) is 0 Å². The van der Waals surface area contributed by atoms with E-state index in [-0.39, 0.29) is 11.9 Å². The molecule has 0 spiro atoms. The molecule has 1 aliphatic carbocycles. The van der Waals surface area contributed by atoms with Crippen LogP contribution >= 0.6 is 0 Å². The second-order valence-electron chi connectivity index (χ2n) is 3.48. The van der Waals surface area contributed by atoms with Gasteiger partial charge in [0.2, 0.25) is 5.91 Å². The van der Waals surface area contributed by atoms with E-state index in [0.717, 1.165) is 0 Å². The number of rotatable bonds is 3. The molecule has 3 heteroatoms. The van der Waals surface area contributed by atoms with E-state index in [1.807, 2.05) is 6.92 Å². The Morgan fingerprint density at radius 1 is 1.42 bits per heavy atom. The Kier molecular flexibility index (Phi) is 3.53. The normalized spacial score (nSPS) is 20.8. The van der Waals surface area contributed by atoms with Gasteiger partial charge in [-0.2, -0.15) is 0 Å². The molecule has 0 aromatic carbocycles. The van der Waals surface area contributed by atoms with Crippen molar-refractivity contribution in [2.45, 2.75) is 44.7 Å². The fraction of sp³-hybridized carbons (Fsp3) is 0.889. The SMILES string of the molecule is CNC(=O)[C@@H](C)NC1CCCC1. The van der Waals surface area contributed by atoms with E-state index < -0.39 is 0 Å². The number of hydrogen-bond donors (Lipinski definition) is 2. The number of nitrogens with one attached hydrogen (secondary N) is 2. The third-order valence-electron chi connectivity index (χ3n) is 2.48. The summed E-state index contributed by atoms with van der Waals surface area (Å²) >= 11 is 0. The molecule has 0 heterocycles. The van der Waals surface area contributed by atoms with Gasteiger partial charge in [-0.3, -0.25) is 4.79 Å². The van der Waals surface area contributed by atoms with Crippen LogP contribution in [-0.2, 0) is 4.79 Å². The summed E-state index contributed by atoms with van der Waals surface area (Å²) in [4.78, 5) is 11.1. The molecule has 70 valence electrons. The zero-order valence-corrected chi connectivity index (χ0v) is 7.89. The lowest BCUT2D eigenvalue weighted by atomic mass is 10.2. The quantitative estimate of drug-likeness (QED) is 0.653. The fourth-order valence-electron chi connectivity index (χ4n) is 1.74. The molecule has 0 bridgehead atoms. The summed E-state index contributed by atoms with van der Waals surface area (Å²) in [7, 11) is 1.68. The van der Waals surface area contributed by atoms with Crippen molar-refractivity contribution in [1.29, 1.82) is 0 Å². The second-order valence-corrected chi connectivity index (χ2v) is 3.48. The van der Waals surface area contributed by atoms with Crippen molar-refractivity contribution in [3.8, 4) is 0 Å². The molecule has 1 amide bonds. The summed E-state index contributed by atoms with van der Waals surface area (Å²) in [5.74, 6) is 0.0851. The maximum absolute atomic E-state index is 11.1. The van der Waals surface area contributed by atoms with Gasteiger partial charge in [-0.05, 0) is 19.8 Å². The summed E-state index contributed by atoms with van der Waals surface area (Å²) < 4.78 is 0. The number of amides is 1. The zero-order valence-electron chi connectivity index (χ0n) is 7.89. The maximum Gasteiger partial charge on any atom is 0.236 e. The van der Waals surface area contributed by atoms with E-state index in [4.69, 9.17) is 0 Å². The summed E-state index contributed by atoms with van der Waals surface area (Å²) in [5, 5.41) is 5.95. The monoisotopic (exact) mass is 170 g/mol. The Morgan fingerprint density at radius 2 is 2.00 bits per heavy atom. The molecule has 3 nitrogen and oxygen atoms in total. The van der Waals surface area contributed by atoms with E-state index in [1.165, 1.54) is 25.7 Å². The summed E-state index contributed by atoms with van der Waals surface area (Å²) in [6.45, 7) is 1.91. The molecule has 2 N–H and O–H groups in total. The first kappa shape index (κ1) is 9.52. The van der Waals surface area contributed by atoms with Gasteiger partial charge in [-0.15, -0.1) is 0 Å². The third kappa shape index (κ3) is 2.48. The van der Waals surface area contributed by atoms with Gasteiger partial charge in [0.25, 0.3) is 0 Å². The molecular weight excluding hydrogens is 152 g/mol. The number of carbonyl (C=O) groups is 1. The first-order chi connectivity index (χ1) is 5.74. The van der Waals surface area contributed by atoms with Crippen LogP contribution in [0.4, 0.5) is 0 Å². The predicted molar refractivity (Wildman–Crippen MR) is 48.9 cm³/mol. The van der Waals surface area contributed by atoms with Gasteiger partial charge in [0, 0.05) is 13.1 Å². The van der Waals surface area contributed by atoms with Crippen LogP contribution in [0.1, 0.15) is 32.6 Å². The lowest BCUT2D eigenvalue weighted by molar-refractivity contribution is -0.122. The molecule has 0 aromatic rings. The smallest absolute Gasteiger partial charge is 0.236 e. The molecule has 1 saturated carbocycles. The van der Waals surface area contributed by atoms with Crippen molar-refractivity contribution < 1.29 is 4.79 Å². The first-order valence-corrected chi connectivity index (χ1v) is 4.71. The van der Waals surface area contributed by atoms with Crippen molar-refractivity contribution in [3.63, 3.8) is 0 Å². The Balaban J connectivity index is 2.24. The lowest BCUT2D eigenvalue weighted by Crippen LogP contribution is -2.44. The van der Waals surface area contributed by atoms with Crippen molar-refractivity contribution in [1.82, 2.24) is 10.6 Å². The van der Waals surface area contributed by atoms with Crippen LogP contribution in [0, 0.1) is 0 Å². The lowest BCUT2D eigenvalue weighted by Gasteiger charge is -2.17. The highest BCUT2D eigenvalue weighted by atomic mass is 16.2. The Bertz CT molecular complexity index is 153. The molecule has 0 aromatic heterocycles. The van der Waals surface area contributed by atoms with Crippen LogP contribution in [-0.4, -0.2) is 25.0 Å². The minimum atomic E-state index is -0.0434. The van der Waals surface area contributed by atoms with E-state index >= 15 is 0 Å². The molecule has 12 heavy (non-hydrogen) atoms. The fourth-order valence-corrected chi connectivity index (χ4v) is 1.74. The van der Waals surface area contributed by atoms with Crippen LogP contribution in [0.2, 0.25) is 0 Å². The topological polar surface area (TPSA) is 41.1 Å². The molecule has 0 saturated heterocycles. The molecule has 0 radical (unpaired) electrons. The number of likely N-dealkylation sites (N-methyl/N-ethyl adjacent to an activating group) is 1. The van der Waals surface area contributed by atoms with Crippen molar-refractivity contribution in [3.05, 3.63) is 0 Å². The Morgan fingerprint density at radius 3 is 2.50 bits per heavy atom. The van der Waals surface area contributed by atoms with Crippen LogP contribution < -0.4 is 10.6 Å². The standard InChI is InChI=1S/C9H18N2O/c1-7(9(12)10-2)11-8-5-3-4-6-8/h7-8,11H,3-6H2,1-2H3,(H,10,12)/t7-/m1/s1. The Labute approximate surface area is 73.9 Å². The maximum atomic E-state index is 11.1. The molecule has 1 aliphatic rings. The van der Waals surface area contributed by atoms with Gasteiger partial charge in [0.15, 0.2) is 0 Å². The van der Waals surface area contributed by atoms with Crippen molar-refractivity contribution >= 4 is 5.91 Å². The van der Waals surface area contributed by atoms with E-state index in [0.29, 0.717) is 6.04 Å². The van der Waals surface area contributed by atoms with Crippen LogP contribution in [0.25, 0.3) is 0 Å². The second kappa shape index (κ2) is 4.45. The van der Waals surface area contributed by atoms with Gasteiger partial charge in [0.05, 0.1) is 6.04 Å². The summed E-state index contributed by atoms with van der Waals surface area (Å²) in [5.41, 5.74) is 0. The highest BCUT2D eigenvalue weighted by Gasteiger charge is 2.19. The predicted octanol–water partition coefficient (Wildman–Crippen LogP) is 0.653. The highest BCUT2D eigenvalue weighted by Crippen LogP contribution is 2.17. The molecule has 1 atom stereocenters. The zero-order chi connectivity index (χ0) is 8.97. The summed E-state index contributed by atoms with van der Waals surface area (Å²) in [6, 6.07) is 0.524. The first-order valence-electron chi connectivity index (χ1n) is 4.71. The van der Waals surface area contributed by atoms with Crippen LogP contribution in [0.15, 0.2) is 0 Å². The molecule has 1 fully saturated rings. The van der Waals surface area contributed by atoms with E-state index in [1.54, 1.807) is 7.05 Å². The minimum absolute atomic E-state index is 0.0434. The molecule has 0 unspecified atom stereocenters. The van der Waals surface area contributed by atoms with Crippen LogP contribution in [0.5, 0.6) is 0 Å². The Hall–Kier alpha value is -0.570. The van der Waals surface area contributed by atoms with Gasteiger partial charge in [-0.1, -0.05) is 12.8 Å².